The number of alkyl halides is 3. The third-order valence-electron chi connectivity index (χ3n) is 6.40. The monoisotopic (exact) mass is 533 g/mol. The Hall–Kier alpha value is -3.11. The molecule has 0 bridgehead atoms. The van der Waals surface area contributed by atoms with E-state index in [1.54, 1.807) is 38.0 Å². The highest BCUT2D eigenvalue weighted by Gasteiger charge is 2.44. The first-order valence-corrected chi connectivity index (χ1v) is 13.1. The van der Waals surface area contributed by atoms with Crippen LogP contribution in [0.5, 0.6) is 0 Å². The van der Waals surface area contributed by atoms with E-state index in [-0.39, 0.29) is 37.3 Å². The third kappa shape index (κ3) is 6.30. The van der Waals surface area contributed by atoms with Crippen LogP contribution in [0.3, 0.4) is 0 Å². The van der Waals surface area contributed by atoms with Gasteiger partial charge in [0.05, 0.1) is 18.1 Å². The summed E-state index contributed by atoms with van der Waals surface area (Å²) >= 11 is 0. The van der Waals surface area contributed by atoms with Gasteiger partial charge in [0.2, 0.25) is 0 Å². The maximum Gasteiger partial charge on any atom is 0.421 e. The number of hydrogen-bond donors (Lipinski definition) is 0. The Balaban J connectivity index is 0.00000195. The van der Waals surface area contributed by atoms with Crippen LogP contribution in [0.4, 0.5) is 19.0 Å². The van der Waals surface area contributed by atoms with Crippen LogP contribution >= 0.6 is 0 Å². The molecular weight excluding hydrogens is 498 g/mol. The first-order chi connectivity index (χ1) is 18.3. The van der Waals surface area contributed by atoms with Crippen molar-refractivity contribution >= 4 is 18.2 Å². The van der Waals surface area contributed by atoms with Gasteiger partial charge in [0.1, 0.15) is 24.8 Å². The lowest BCUT2D eigenvalue weighted by atomic mass is 9.40. The summed E-state index contributed by atoms with van der Waals surface area (Å²) in [6.07, 6.45) is 2.37. The Morgan fingerprint density at radius 2 is 1.84 bits per heavy atom. The van der Waals surface area contributed by atoms with Gasteiger partial charge in [0.15, 0.2) is 5.65 Å². The van der Waals surface area contributed by atoms with Gasteiger partial charge in [-0.3, -0.25) is 4.68 Å². The lowest BCUT2D eigenvalue weighted by Gasteiger charge is -2.31. The standard InChI is InChI=1S/C23H29BF3N7O2.C2H6/c1-4-35-14-33(15-36-5-2)22-19(23(25,26)27)20(16-7-6-8-24(9-16)13-28)31-21-18(11-30-34(21)22)17-10-29-32(3)12-17;1-2/h10-12,16H,4-9,14-15H2,1-3H3;1-2H3. The van der Waals surface area contributed by atoms with Gasteiger partial charge < -0.3 is 14.4 Å². The van der Waals surface area contributed by atoms with Crippen LogP contribution in [-0.4, -0.2) is 57.8 Å². The third-order valence-corrected chi connectivity index (χ3v) is 6.40. The second-order valence-electron chi connectivity index (χ2n) is 8.86. The molecular formula is C25H35BF3N7O2. The van der Waals surface area contributed by atoms with Crippen molar-refractivity contribution in [1.82, 2.24) is 24.4 Å². The van der Waals surface area contributed by atoms with Gasteiger partial charge >= 0.3 is 6.18 Å². The van der Waals surface area contributed by atoms with E-state index in [9.17, 15) is 18.4 Å². The van der Waals surface area contributed by atoms with E-state index < -0.39 is 17.7 Å². The minimum absolute atomic E-state index is 0.0615. The molecule has 38 heavy (non-hydrogen) atoms. The number of nitriles is 1. The Labute approximate surface area is 221 Å². The Morgan fingerprint density at radius 3 is 2.39 bits per heavy atom. The number of ether oxygens (including phenoxy) is 2. The van der Waals surface area contributed by atoms with Crippen LogP contribution in [0.1, 0.15) is 57.7 Å². The van der Waals surface area contributed by atoms with Crippen LogP contribution in [0, 0.1) is 11.2 Å². The van der Waals surface area contributed by atoms with Crippen LogP contribution in [-0.2, 0) is 22.7 Å². The number of hydrogen-bond acceptors (Lipinski definition) is 7. The van der Waals surface area contributed by atoms with Gasteiger partial charge in [-0.15, -0.1) is 0 Å². The van der Waals surface area contributed by atoms with Crippen LogP contribution in [0.2, 0.25) is 12.6 Å². The van der Waals surface area contributed by atoms with Crippen molar-refractivity contribution in [2.45, 2.75) is 65.3 Å². The lowest BCUT2D eigenvalue weighted by molar-refractivity contribution is -0.138. The quantitative estimate of drug-likeness (QED) is 0.268. The first-order valence-electron chi connectivity index (χ1n) is 13.1. The molecule has 0 aliphatic carbocycles. The second kappa shape index (κ2) is 13.1. The zero-order valence-corrected chi connectivity index (χ0v) is 22.6. The van der Waals surface area contributed by atoms with Gasteiger partial charge in [-0.25, -0.2) is 10.2 Å². The highest BCUT2D eigenvalue weighted by atomic mass is 19.4. The van der Waals surface area contributed by atoms with Gasteiger partial charge in [-0.2, -0.15) is 27.9 Å². The molecule has 0 spiro atoms. The van der Waals surface area contributed by atoms with Crippen molar-refractivity contribution in [1.29, 1.82) is 5.26 Å². The largest absolute Gasteiger partial charge is 0.421 e. The van der Waals surface area contributed by atoms with Crippen molar-refractivity contribution in [2.75, 3.05) is 31.6 Å². The molecule has 0 N–H and O–H groups in total. The number of nitrogens with zero attached hydrogens (tertiary/aromatic N) is 7. The number of aromatic nitrogens is 5. The van der Waals surface area contributed by atoms with Crippen LogP contribution < -0.4 is 4.90 Å². The zero-order chi connectivity index (χ0) is 27.9. The summed E-state index contributed by atoms with van der Waals surface area (Å²) in [5.74, 6) is 1.54. The van der Waals surface area contributed by atoms with Crippen molar-refractivity contribution in [3.8, 4) is 17.1 Å². The molecule has 206 valence electrons. The van der Waals surface area contributed by atoms with Gasteiger partial charge in [-0.1, -0.05) is 32.9 Å². The van der Waals surface area contributed by atoms with E-state index in [1.165, 1.54) is 15.6 Å². The summed E-state index contributed by atoms with van der Waals surface area (Å²) in [5.41, 5.74) is 0.626. The molecule has 4 heterocycles. The summed E-state index contributed by atoms with van der Waals surface area (Å²) in [6.45, 7) is 7.63. The molecule has 1 saturated heterocycles. The molecule has 1 aliphatic rings. The van der Waals surface area contributed by atoms with Gasteiger partial charge in [-0.05, 0) is 26.2 Å². The molecule has 1 aliphatic heterocycles. The molecule has 1 atom stereocenters. The molecule has 1 unspecified atom stereocenters. The van der Waals surface area contributed by atoms with E-state index in [2.05, 4.69) is 21.1 Å². The maximum absolute atomic E-state index is 14.8. The smallest absolute Gasteiger partial charge is 0.361 e. The normalized spacial score (nSPS) is 15.8. The molecule has 1 fully saturated rings. The number of anilines is 1. The zero-order valence-electron chi connectivity index (χ0n) is 22.6. The van der Waals surface area contributed by atoms with Crippen LogP contribution in [0.15, 0.2) is 18.6 Å². The Bertz CT molecular complexity index is 1230. The van der Waals surface area contributed by atoms with Crippen molar-refractivity contribution in [2.24, 2.45) is 7.05 Å². The van der Waals surface area contributed by atoms with Crippen molar-refractivity contribution in [3.05, 3.63) is 29.8 Å². The summed E-state index contributed by atoms with van der Waals surface area (Å²) in [4.78, 5) is 6.01. The van der Waals surface area contributed by atoms with E-state index in [4.69, 9.17) is 9.47 Å². The fourth-order valence-corrected chi connectivity index (χ4v) is 4.74. The van der Waals surface area contributed by atoms with E-state index >= 15 is 0 Å². The Kier molecular flexibility index (Phi) is 10.2. The summed E-state index contributed by atoms with van der Waals surface area (Å²) in [6, 6.07) is 0. The molecule has 0 radical (unpaired) electrons. The maximum atomic E-state index is 14.8. The van der Waals surface area contributed by atoms with Crippen molar-refractivity contribution in [3.63, 3.8) is 0 Å². The number of halogens is 3. The fourth-order valence-electron chi connectivity index (χ4n) is 4.74. The fraction of sp³-hybridized carbons (Fsp3) is 0.600. The average molecular weight is 533 g/mol. The summed E-state index contributed by atoms with van der Waals surface area (Å²) < 4.78 is 58.4. The van der Waals surface area contributed by atoms with Crippen molar-refractivity contribution < 1.29 is 22.6 Å². The highest BCUT2D eigenvalue weighted by molar-refractivity contribution is 6.67. The molecule has 9 nitrogen and oxygen atoms in total. The molecule has 4 rings (SSSR count). The lowest BCUT2D eigenvalue weighted by Crippen LogP contribution is -2.35. The SMILES string of the molecule is CC.CCOCN(COCC)c1c(C(F)(F)F)c(C2CCCB(C#N)C2)nc2c(-c3cnn(C)c3)cnn12. The molecule has 0 saturated carbocycles. The van der Waals surface area contributed by atoms with E-state index in [0.717, 1.165) is 0 Å². The van der Waals surface area contributed by atoms with Crippen LogP contribution in [0.25, 0.3) is 16.8 Å². The average Bonchev–Trinajstić information content (AvgIpc) is 3.54. The number of fused-ring (bicyclic) bond motifs is 1. The molecule has 13 heteroatoms. The van der Waals surface area contributed by atoms with E-state index in [0.29, 0.717) is 49.8 Å². The topological polar surface area (TPSA) is 93.5 Å². The summed E-state index contributed by atoms with van der Waals surface area (Å²) in [7, 11) is 1.76. The highest BCUT2D eigenvalue weighted by Crippen LogP contribution is 2.45. The number of rotatable bonds is 9. The Morgan fingerprint density at radius 1 is 1.16 bits per heavy atom. The van der Waals surface area contributed by atoms with E-state index in [1.807, 2.05) is 13.8 Å². The second-order valence-corrected chi connectivity index (χ2v) is 8.86. The van der Waals surface area contributed by atoms with Gasteiger partial charge in [0.25, 0.3) is 6.71 Å². The minimum atomic E-state index is -4.72. The first kappa shape index (κ1) is 29.5. The predicted octanol–water partition coefficient (Wildman–Crippen LogP) is 5.40. The number of aryl methyl sites for hydroxylation is 1. The summed E-state index contributed by atoms with van der Waals surface area (Å²) in [5, 5.41) is 18.0. The molecule has 0 amide bonds. The molecule has 0 aromatic carbocycles. The molecule has 3 aromatic rings. The minimum Gasteiger partial charge on any atom is -0.361 e. The van der Waals surface area contributed by atoms with Gasteiger partial charge in [0, 0.05) is 43.6 Å². The molecule has 3 aromatic heterocycles. The predicted molar refractivity (Wildman–Crippen MR) is 140 cm³/mol.